The lowest BCUT2D eigenvalue weighted by Gasteiger charge is -2.15. The highest BCUT2D eigenvalue weighted by atomic mass is 32.1. The molecule has 0 aliphatic carbocycles. The van der Waals surface area contributed by atoms with E-state index in [1.807, 2.05) is 11.3 Å². The van der Waals surface area contributed by atoms with Gasteiger partial charge in [-0.05, 0) is 160 Å². The van der Waals surface area contributed by atoms with E-state index in [-0.39, 0.29) is 0 Å². The zero-order chi connectivity index (χ0) is 57.8. The number of thiophene rings is 1. The molecule has 0 bridgehead atoms. The van der Waals surface area contributed by atoms with Crippen LogP contribution in [0.15, 0.2) is 309 Å². The smallest absolute Gasteiger partial charge is 0.235 e. The van der Waals surface area contributed by atoms with Gasteiger partial charge in [0.2, 0.25) is 5.95 Å². The van der Waals surface area contributed by atoms with Crippen LogP contribution in [-0.2, 0) is 0 Å². The molecule has 18 rings (SSSR count). The van der Waals surface area contributed by atoms with Crippen LogP contribution in [0, 0.1) is 0 Å². The minimum atomic E-state index is 0.611. The monoisotopic (exact) mass is 1140 g/mol. The van der Waals surface area contributed by atoms with Crippen LogP contribution < -0.4 is 0 Å². The first-order valence-corrected chi connectivity index (χ1v) is 30.8. The first-order valence-electron chi connectivity index (χ1n) is 29.9. The van der Waals surface area contributed by atoms with Gasteiger partial charge in [-0.2, -0.15) is 0 Å². The van der Waals surface area contributed by atoms with E-state index in [9.17, 15) is 0 Å². The van der Waals surface area contributed by atoms with Gasteiger partial charge in [-0.3, -0.25) is 4.57 Å². The first kappa shape index (κ1) is 49.9. The lowest BCUT2D eigenvalue weighted by Crippen LogP contribution is -2.04. The van der Waals surface area contributed by atoms with Gasteiger partial charge in [0.1, 0.15) is 0 Å². The molecule has 5 heterocycles. The Hall–Kier alpha value is -11.4. The predicted molar refractivity (Wildman–Crippen MR) is 371 cm³/mol. The van der Waals surface area contributed by atoms with Crippen molar-refractivity contribution in [1.29, 1.82) is 0 Å². The number of para-hydroxylation sites is 4. The second-order valence-electron chi connectivity index (χ2n) is 22.9. The van der Waals surface area contributed by atoms with E-state index < -0.39 is 0 Å². The van der Waals surface area contributed by atoms with Gasteiger partial charge in [-0.15, -0.1) is 11.3 Å². The number of aromatic nitrogens is 5. The Morgan fingerprint density at radius 1 is 0.205 bits per heavy atom. The van der Waals surface area contributed by atoms with Crippen LogP contribution in [0.25, 0.3) is 170 Å². The van der Waals surface area contributed by atoms with Crippen LogP contribution in [0.5, 0.6) is 0 Å². The Kier molecular flexibility index (Phi) is 11.4. The lowest BCUT2D eigenvalue weighted by molar-refractivity contribution is 0.996. The Morgan fingerprint density at radius 3 is 1.22 bits per heavy atom. The summed E-state index contributed by atoms with van der Waals surface area (Å²) >= 11 is 1.83. The molecular formula is C82H51N5S. The van der Waals surface area contributed by atoms with Crippen molar-refractivity contribution >= 4 is 96.9 Å². The van der Waals surface area contributed by atoms with Gasteiger partial charge in [0.25, 0.3) is 0 Å². The molecule has 6 heteroatoms. The molecule has 0 unspecified atom stereocenters. The van der Waals surface area contributed by atoms with Crippen LogP contribution >= 0.6 is 11.3 Å². The fraction of sp³-hybridized carbons (Fsp3) is 0. The third kappa shape index (κ3) is 8.15. The topological polar surface area (TPSA) is 40.6 Å². The van der Waals surface area contributed by atoms with Crippen molar-refractivity contribution in [2.75, 3.05) is 0 Å². The Bertz CT molecular complexity index is 5750. The summed E-state index contributed by atoms with van der Waals surface area (Å²) in [6.45, 7) is 0. The zero-order valence-corrected chi connectivity index (χ0v) is 48.4. The minimum Gasteiger partial charge on any atom is -0.309 e. The normalized spacial score (nSPS) is 11.9. The van der Waals surface area contributed by atoms with Crippen molar-refractivity contribution in [3.63, 3.8) is 0 Å². The largest absolute Gasteiger partial charge is 0.309 e. The predicted octanol–water partition coefficient (Wildman–Crippen LogP) is 22.1. The van der Waals surface area contributed by atoms with Gasteiger partial charge in [-0.1, -0.05) is 194 Å². The fourth-order valence-electron chi connectivity index (χ4n) is 13.7. The van der Waals surface area contributed by atoms with Crippen LogP contribution in [-0.4, -0.2) is 23.7 Å². The van der Waals surface area contributed by atoms with Crippen LogP contribution in [0.1, 0.15) is 0 Å². The molecule has 0 spiro atoms. The molecule has 0 radical (unpaired) electrons. The molecule has 0 aliphatic rings. The molecule has 0 saturated heterocycles. The van der Waals surface area contributed by atoms with Crippen molar-refractivity contribution in [3.05, 3.63) is 309 Å². The first-order chi connectivity index (χ1) is 43.6. The molecule has 5 nitrogen and oxygen atoms in total. The van der Waals surface area contributed by atoms with Crippen molar-refractivity contribution in [2.24, 2.45) is 0 Å². The maximum Gasteiger partial charge on any atom is 0.235 e. The number of rotatable bonds is 9. The van der Waals surface area contributed by atoms with E-state index in [0.717, 1.165) is 83.6 Å². The van der Waals surface area contributed by atoms with Crippen molar-refractivity contribution in [2.45, 2.75) is 0 Å². The molecule has 88 heavy (non-hydrogen) atoms. The molecule has 0 amide bonds. The van der Waals surface area contributed by atoms with Gasteiger partial charge in [-0.25, -0.2) is 9.97 Å². The average Bonchev–Trinajstić information content (AvgIpc) is 1.68. The van der Waals surface area contributed by atoms with Gasteiger partial charge < -0.3 is 9.13 Å². The summed E-state index contributed by atoms with van der Waals surface area (Å²) < 4.78 is 9.58. The fourth-order valence-corrected chi connectivity index (χ4v) is 14.8. The standard InChI is InChI=1S/C82H51N5S/c1-4-20-52(21-5-1)59-43-60(53-22-6-2-7-23-53)45-61(44-59)54-24-18-25-57(42-54)72-50-73(84-82(83-72)87-76-36-16-12-32-66(76)70-49-71-67-33-13-17-37-80(67)88-81(71)51-79(70)87)58-26-19-29-63(46-58)86-75-35-15-11-31-65(75)69-48-56(39-41-78(69)86)55-38-40-77-68(47-55)64-30-10-14-34-74(64)85(77)62-27-8-3-9-28-62/h1-51H. The van der Waals surface area contributed by atoms with E-state index in [2.05, 4.69) is 323 Å². The van der Waals surface area contributed by atoms with E-state index in [1.165, 1.54) is 80.4 Å². The highest BCUT2D eigenvalue weighted by Crippen LogP contribution is 2.43. The summed E-state index contributed by atoms with van der Waals surface area (Å²) in [5.41, 5.74) is 21.9. The van der Waals surface area contributed by atoms with E-state index in [1.54, 1.807) is 0 Å². The van der Waals surface area contributed by atoms with Gasteiger partial charge in [0.05, 0.1) is 44.5 Å². The van der Waals surface area contributed by atoms with Gasteiger partial charge in [0.15, 0.2) is 0 Å². The number of fused-ring (bicyclic) bond motifs is 12. The summed E-state index contributed by atoms with van der Waals surface area (Å²) in [5, 5.41) is 9.73. The Labute approximate surface area is 511 Å². The number of benzene rings is 13. The van der Waals surface area contributed by atoms with E-state index >= 15 is 0 Å². The van der Waals surface area contributed by atoms with Gasteiger partial charge in [0, 0.05) is 75.0 Å². The molecule has 18 aromatic rings. The number of hydrogen-bond donors (Lipinski definition) is 0. The quantitative estimate of drug-likeness (QED) is 0.145. The molecule has 0 aliphatic heterocycles. The third-order valence-electron chi connectivity index (χ3n) is 17.8. The minimum absolute atomic E-state index is 0.611. The molecular weight excluding hydrogens is 1090 g/mol. The highest BCUT2D eigenvalue weighted by molar-refractivity contribution is 7.25. The molecule has 0 N–H and O–H groups in total. The van der Waals surface area contributed by atoms with E-state index in [0.29, 0.717) is 5.95 Å². The summed E-state index contributed by atoms with van der Waals surface area (Å²) in [6, 6.07) is 113. The lowest BCUT2D eigenvalue weighted by atomic mass is 9.92. The summed E-state index contributed by atoms with van der Waals surface area (Å²) in [4.78, 5) is 11.3. The average molecular weight is 1140 g/mol. The van der Waals surface area contributed by atoms with E-state index in [4.69, 9.17) is 9.97 Å². The molecule has 5 aromatic heterocycles. The Morgan fingerprint density at radius 2 is 0.614 bits per heavy atom. The Balaban J connectivity index is 0.806. The second kappa shape index (κ2) is 20.1. The summed E-state index contributed by atoms with van der Waals surface area (Å²) in [6.07, 6.45) is 0. The third-order valence-corrected chi connectivity index (χ3v) is 19.0. The van der Waals surface area contributed by atoms with Crippen molar-refractivity contribution < 1.29 is 0 Å². The molecule has 0 saturated carbocycles. The molecule has 13 aromatic carbocycles. The van der Waals surface area contributed by atoms with Crippen molar-refractivity contribution in [1.82, 2.24) is 23.7 Å². The van der Waals surface area contributed by atoms with Crippen LogP contribution in [0.4, 0.5) is 0 Å². The SMILES string of the molecule is c1ccc(-c2cc(-c3ccccc3)cc(-c3cccc(-c4cc(-c5cccc(-n6c7ccccc7c7cc(-c8ccc9c(c8)c8ccccc8n9-c8ccccc8)ccc76)c5)nc(-n5c6ccccc6c6cc7c(cc65)sc5ccccc57)n4)c3)c2)cc1. The van der Waals surface area contributed by atoms with Crippen molar-refractivity contribution in [3.8, 4) is 84.3 Å². The summed E-state index contributed by atoms with van der Waals surface area (Å²) in [5.74, 6) is 0.611. The zero-order valence-electron chi connectivity index (χ0n) is 47.6. The van der Waals surface area contributed by atoms with Gasteiger partial charge >= 0.3 is 0 Å². The van der Waals surface area contributed by atoms with Crippen LogP contribution in [0.3, 0.4) is 0 Å². The number of nitrogens with zero attached hydrogens (tertiary/aromatic N) is 5. The maximum absolute atomic E-state index is 5.66. The van der Waals surface area contributed by atoms with Crippen LogP contribution in [0.2, 0.25) is 0 Å². The summed E-state index contributed by atoms with van der Waals surface area (Å²) in [7, 11) is 0. The molecule has 0 fully saturated rings. The number of hydrogen-bond acceptors (Lipinski definition) is 3. The second-order valence-corrected chi connectivity index (χ2v) is 24.0. The highest BCUT2D eigenvalue weighted by Gasteiger charge is 2.22. The molecule has 0 atom stereocenters. The molecule has 410 valence electrons. The maximum atomic E-state index is 5.66.